The molecule has 0 unspecified atom stereocenters. The van der Waals surface area contributed by atoms with Crippen molar-refractivity contribution in [3.8, 4) is 0 Å². The second-order valence-electron chi connectivity index (χ2n) is 4.55. The minimum Gasteiger partial charge on any atom is -0.254 e. The Kier molecular flexibility index (Phi) is 2.11. The maximum Gasteiger partial charge on any atom is 0.0967 e. The van der Waals surface area contributed by atoms with Crippen LogP contribution in [0.5, 0.6) is 0 Å². The third kappa shape index (κ3) is 1.41. The summed E-state index contributed by atoms with van der Waals surface area (Å²) in [6, 6.07) is 6.34. The maximum atomic E-state index is 4.55. The van der Waals surface area contributed by atoms with Gasteiger partial charge in [0.15, 0.2) is 0 Å². The highest BCUT2D eigenvalue weighted by Crippen LogP contribution is 2.27. The normalized spacial score (nSPS) is 11.2. The van der Waals surface area contributed by atoms with Crippen LogP contribution in [0.3, 0.4) is 0 Å². The number of hydrogen-bond acceptors (Lipinski definition) is 2. The van der Waals surface area contributed by atoms with E-state index in [4.69, 9.17) is 0 Å². The van der Waals surface area contributed by atoms with Crippen LogP contribution in [0, 0.1) is 20.8 Å². The van der Waals surface area contributed by atoms with Gasteiger partial charge in [-0.05, 0) is 43.5 Å². The molecule has 84 valence electrons. The van der Waals surface area contributed by atoms with Gasteiger partial charge in [0.1, 0.15) is 0 Å². The fourth-order valence-corrected chi connectivity index (χ4v) is 2.25. The minimum absolute atomic E-state index is 1.01. The van der Waals surface area contributed by atoms with E-state index in [0.29, 0.717) is 0 Å². The van der Waals surface area contributed by atoms with Gasteiger partial charge in [-0.15, -0.1) is 0 Å². The predicted octanol–water partition coefficient (Wildman–Crippen LogP) is 3.71. The van der Waals surface area contributed by atoms with Gasteiger partial charge in [0.05, 0.1) is 11.0 Å². The van der Waals surface area contributed by atoms with Crippen molar-refractivity contribution in [1.29, 1.82) is 0 Å². The van der Waals surface area contributed by atoms with Crippen LogP contribution in [-0.4, -0.2) is 9.97 Å². The molecule has 0 amide bonds. The molecule has 0 radical (unpaired) electrons. The van der Waals surface area contributed by atoms with E-state index in [-0.39, 0.29) is 0 Å². The van der Waals surface area contributed by atoms with Crippen molar-refractivity contribution in [3.05, 3.63) is 47.3 Å². The highest BCUT2D eigenvalue weighted by molar-refractivity contribution is 6.04. The predicted molar refractivity (Wildman–Crippen MR) is 71.3 cm³/mol. The first-order chi connectivity index (χ1) is 8.18. The Hall–Kier alpha value is -1.96. The summed E-state index contributed by atoms with van der Waals surface area (Å²) in [6.07, 6.45) is 3.79. The Bertz CT molecular complexity index is 730. The molecule has 0 saturated heterocycles. The zero-order chi connectivity index (χ0) is 12.0. The topological polar surface area (TPSA) is 25.8 Å². The quantitative estimate of drug-likeness (QED) is 0.542. The molecule has 0 aliphatic heterocycles. The number of aromatic nitrogens is 2. The lowest BCUT2D eigenvalue weighted by molar-refractivity contribution is 1.27. The van der Waals surface area contributed by atoms with Crippen molar-refractivity contribution in [2.45, 2.75) is 20.8 Å². The average molecular weight is 222 g/mol. The molecule has 0 atom stereocenters. The summed E-state index contributed by atoms with van der Waals surface area (Å²) in [7, 11) is 0. The minimum atomic E-state index is 1.01. The van der Waals surface area contributed by atoms with E-state index in [1.807, 2.05) is 18.5 Å². The third-order valence-electron chi connectivity index (χ3n) is 3.49. The number of fused-ring (bicyclic) bond motifs is 3. The Labute approximate surface area is 100 Å². The van der Waals surface area contributed by atoms with E-state index >= 15 is 0 Å². The van der Waals surface area contributed by atoms with Crippen LogP contribution >= 0.6 is 0 Å². The van der Waals surface area contributed by atoms with Crippen molar-refractivity contribution in [1.82, 2.24) is 9.97 Å². The second kappa shape index (κ2) is 3.52. The first kappa shape index (κ1) is 10.2. The molecular formula is C15H14N2. The van der Waals surface area contributed by atoms with Crippen LogP contribution in [-0.2, 0) is 0 Å². The summed E-state index contributed by atoms with van der Waals surface area (Å²) >= 11 is 0. The number of benzene rings is 1. The number of rotatable bonds is 0. The first-order valence-electron chi connectivity index (χ1n) is 5.78. The lowest BCUT2D eigenvalue weighted by Gasteiger charge is -2.08. The molecule has 3 aromatic rings. The number of aryl methyl sites for hydroxylation is 3. The van der Waals surface area contributed by atoms with Gasteiger partial charge < -0.3 is 0 Å². The van der Waals surface area contributed by atoms with Crippen LogP contribution < -0.4 is 0 Å². The molecule has 0 fully saturated rings. The summed E-state index contributed by atoms with van der Waals surface area (Å²) in [6.45, 7) is 6.34. The fraction of sp³-hybridized carbons (Fsp3) is 0.200. The van der Waals surface area contributed by atoms with Gasteiger partial charge in [-0.3, -0.25) is 9.97 Å². The molecule has 0 spiro atoms. The zero-order valence-corrected chi connectivity index (χ0v) is 10.3. The van der Waals surface area contributed by atoms with Gasteiger partial charge in [-0.2, -0.15) is 0 Å². The van der Waals surface area contributed by atoms with Crippen molar-refractivity contribution >= 4 is 21.8 Å². The third-order valence-corrected chi connectivity index (χ3v) is 3.49. The van der Waals surface area contributed by atoms with Crippen molar-refractivity contribution in [2.24, 2.45) is 0 Å². The van der Waals surface area contributed by atoms with Crippen molar-refractivity contribution < 1.29 is 0 Å². The number of hydrogen-bond donors (Lipinski definition) is 0. The molecule has 0 aliphatic carbocycles. The Morgan fingerprint density at radius 1 is 0.765 bits per heavy atom. The number of pyridine rings is 2. The molecule has 3 rings (SSSR count). The summed E-state index contributed by atoms with van der Waals surface area (Å²) < 4.78 is 0. The van der Waals surface area contributed by atoms with Gasteiger partial charge in [0.25, 0.3) is 0 Å². The monoisotopic (exact) mass is 222 g/mol. The molecule has 0 N–H and O–H groups in total. The van der Waals surface area contributed by atoms with E-state index in [1.54, 1.807) is 0 Å². The van der Waals surface area contributed by atoms with Gasteiger partial charge in [-0.1, -0.05) is 12.1 Å². The van der Waals surface area contributed by atoms with Crippen LogP contribution in [0.2, 0.25) is 0 Å². The molecule has 0 bridgehead atoms. The van der Waals surface area contributed by atoms with E-state index in [0.717, 1.165) is 11.0 Å². The highest BCUT2D eigenvalue weighted by Gasteiger charge is 2.07. The Morgan fingerprint density at radius 3 is 2.29 bits per heavy atom. The summed E-state index contributed by atoms with van der Waals surface area (Å²) in [5.74, 6) is 0. The molecule has 1 aromatic carbocycles. The summed E-state index contributed by atoms with van der Waals surface area (Å²) in [4.78, 5) is 9.03. The fourth-order valence-electron chi connectivity index (χ4n) is 2.25. The lowest BCUT2D eigenvalue weighted by Crippen LogP contribution is -1.91. The molecule has 17 heavy (non-hydrogen) atoms. The largest absolute Gasteiger partial charge is 0.254 e. The SMILES string of the molecule is Cc1cnc2c(ccc3c(C)ccnc32)c1C. The van der Waals surface area contributed by atoms with Gasteiger partial charge in [-0.25, -0.2) is 0 Å². The molecule has 0 saturated carbocycles. The van der Waals surface area contributed by atoms with Crippen molar-refractivity contribution in [2.75, 3.05) is 0 Å². The van der Waals surface area contributed by atoms with Crippen LogP contribution in [0.1, 0.15) is 16.7 Å². The van der Waals surface area contributed by atoms with Crippen LogP contribution in [0.4, 0.5) is 0 Å². The lowest BCUT2D eigenvalue weighted by atomic mass is 10.0. The highest BCUT2D eigenvalue weighted by atomic mass is 14.7. The van der Waals surface area contributed by atoms with Gasteiger partial charge in [0.2, 0.25) is 0 Å². The van der Waals surface area contributed by atoms with E-state index in [2.05, 4.69) is 42.9 Å². The van der Waals surface area contributed by atoms with E-state index in [9.17, 15) is 0 Å². The zero-order valence-electron chi connectivity index (χ0n) is 10.3. The van der Waals surface area contributed by atoms with Gasteiger partial charge in [0, 0.05) is 23.2 Å². The standard InChI is InChI=1S/C15H14N2/c1-9-6-7-16-14-12(9)4-5-13-11(3)10(2)8-17-15(13)14/h4-8H,1-3H3. The van der Waals surface area contributed by atoms with E-state index < -0.39 is 0 Å². The molecule has 2 nitrogen and oxygen atoms in total. The molecule has 0 aliphatic rings. The average Bonchev–Trinajstić information content (AvgIpc) is 2.34. The summed E-state index contributed by atoms with van der Waals surface area (Å²) in [5.41, 5.74) is 5.78. The van der Waals surface area contributed by atoms with E-state index in [1.165, 1.54) is 27.5 Å². The molecule has 2 aromatic heterocycles. The van der Waals surface area contributed by atoms with Crippen molar-refractivity contribution in [3.63, 3.8) is 0 Å². The van der Waals surface area contributed by atoms with Gasteiger partial charge >= 0.3 is 0 Å². The Balaban J connectivity index is 2.58. The molecular weight excluding hydrogens is 208 g/mol. The summed E-state index contributed by atoms with van der Waals surface area (Å²) in [5, 5.41) is 2.39. The van der Waals surface area contributed by atoms with Crippen LogP contribution in [0.25, 0.3) is 21.8 Å². The molecule has 2 heterocycles. The molecule has 2 heteroatoms. The Morgan fingerprint density at radius 2 is 1.47 bits per heavy atom. The first-order valence-corrected chi connectivity index (χ1v) is 5.78. The second-order valence-corrected chi connectivity index (χ2v) is 4.55. The van der Waals surface area contributed by atoms with Crippen LogP contribution in [0.15, 0.2) is 30.6 Å². The number of nitrogens with zero attached hydrogens (tertiary/aromatic N) is 2. The maximum absolute atomic E-state index is 4.55. The smallest absolute Gasteiger partial charge is 0.0967 e.